The Morgan fingerprint density at radius 2 is 0.821 bits per heavy atom. The highest BCUT2D eigenvalue weighted by molar-refractivity contribution is 6.62. The summed E-state index contributed by atoms with van der Waals surface area (Å²) in [7, 11) is 3.75. The third-order valence-electron chi connectivity index (χ3n) is 14.6. The van der Waals surface area contributed by atoms with Crippen LogP contribution in [0, 0.1) is 0 Å². The number of pyridine rings is 3. The summed E-state index contributed by atoms with van der Waals surface area (Å²) in [4.78, 5) is 132. The zero-order valence-electron chi connectivity index (χ0n) is 51.9. The Bertz CT molecular complexity index is 4670. The second-order valence-corrected chi connectivity index (χ2v) is 22.8. The number of amides is 3. The van der Waals surface area contributed by atoms with Gasteiger partial charge in [-0.3, -0.25) is 43.2 Å². The number of carbonyl (C=O) groups excluding carboxylic acids is 5. The van der Waals surface area contributed by atoms with Gasteiger partial charge in [0, 0.05) is 66.6 Å². The van der Waals surface area contributed by atoms with E-state index in [0.29, 0.717) is 54.8 Å². The number of carbonyl (C=O) groups is 6. The Kier molecular flexibility index (Phi) is 23.4. The average molecular weight is 1380 g/mol. The molecule has 0 radical (unpaired) electrons. The first-order valence-corrected chi connectivity index (χ1v) is 29.7. The summed E-state index contributed by atoms with van der Waals surface area (Å²) in [6, 6.07) is 19.4. The van der Waals surface area contributed by atoms with Crippen LogP contribution in [0.15, 0.2) is 106 Å². The fraction of sp³-hybridized carbons (Fsp3) is 0.262. The van der Waals surface area contributed by atoms with E-state index in [1.54, 1.807) is 74.5 Å². The third-order valence-corrected chi connectivity index (χ3v) is 15.4. The van der Waals surface area contributed by atoms with Crippen molar-refractivity contribution in [2.75, 3.05) is 32.8 Å². The van der Waals surface area contributed by atoms with Gasteiger partial charge in [-0.1, -0.05) is 64.6 Å². The molecule has 7 heterocycles. The van der Waals surface area contributed by atoms with E-state index in [1.165, 1.54) is 66.0 Å². The van der Waals surface area contributed by atoms with Gasteiger partial charge < -0.3 is 68.9 Å². The van der Waals surface area contributed by atoms with Crippen molar-refractivity contribution in [3.05, 3.63) is 160 Å². The van der Waals surface area contributed by atoms with Crippen LogP contribution in [0.4, 0.5) is 0 Å². The third kappa shape index (κ3) is 16.8. The largest absolute Gasteiger partial charge is 0.506 e. The van der Waals surface area contributed by atoms with Gasteiger partial charge in [-0.15, -0.1) is 0 Å². The van der Waals surface area contributed by atoms with Gasteiger partial charge in [-0.25, -0.2) is 29.9 Å². The summed E-state index contributed by atoms with van der Waals surface area (Å²) in [5, 5.41) is 49.3. The topological polar surface area (TPSA) is 400 Å². The monoisotopic (exact) mass is 1380 g/mol. The molecule has 496 valence electrons. The van der Waals surface area contributed by atoms with Gasteiger partial charge in [0.2, 0.25) is 0 Å². The van der Waals surface area contributed by atoms with E-state index in [0.717, 1.165) is 0 Å². The predicted molar refractivity (Wildman–Crippen MR) is 350 cm³/mol. The number of ether oxygens (including phenoxy) is 2. The fourth-order valence-electron chi connectivity index (χ4n) is 9.11. The summed E-state index contributed by atoms with van der Waals surface area (Å²) in [5.41, 5.74) is -0.632. The van der Waals surface area contributed by atoms with E-state index >= 15 is 0 Å². The maximum atomic E-state index is 12.7. The van der Waals surface area contributed by atoms with Crippen LogP contribution in [-0.2, 0) is 54.3 Å². The van der Waals surface area contributed by atoms with Crippen molar-refractivity contribution in [1.29, 1.82) is 0 Å². The van der Waals surface area contributed by atoms with Gasteiger partial charge >= 0.3 is 25.0 Å². The Morgan fingerprint density at radius 1 is 0.495 bits per heavy atom. The van der Waals surface area contributed by atoms with Gasteiger partial charge in [-0.05, 0) is 83.4 Å². The second-order valence-electron chi connectivity index (χ2n) is 21.3. The molecular formula is C61H59BCl4N12O17. The lowest BCUT2D eigenvalue weighted by atomic mass is 9.78. The van der Waals surface area contributed by atoms with Crippen LogP contribution in [0.3, 0.4) is 0 Å². The number of nitrogens with one attached hydrogen (secondary N) is 3. The number of hydrogen-bond donors (Lipinski definition) is 7. The SMILES string of the molecule is CCOC(=O)CNC(=O)c1c(O)c2cc(-c3cc(Cl)ncn3)ccc2n(C)c1=O.CCOC(=O)CNC(=O)c1c(O)c2cc(B3OC(C)(C)C(C)(C)O3)ccc2n(C)c1=O.Clc1cc(Cl)ncn1.Cn1c(=O)c(C(=O)NCC(=O)O)c(O)c2cc(-c3cc(Cl)ncn3)ccc21. The van der Waals surface area contributed by atoms with Crippen molar-refractivity contribution in [2.45, 2.75) is 52.7 Å². The number of aromatic hydroxyl groups is 3. The second kappa shape index (κ2) is 30.8. The first-order chi connectivity index (χ1) is 44.8. The molecule has 10 rings (SSSR count). The van der Waals surface area contributed by atoms with Crippen molar-refractivity contribution in [3.63, 3.8) is 0 Å². The maximum absolute atomic E-state index is 12.7. The van der Waals surface area contributed by atoms with Crippen molar-refractivity contribution in [2.24, 2.45) is 21.1 Å². The number of halogens is 4. The number of carboxylic acids is 1. The number of hydrogen-bond acceptors (Lipinski definition) is 22. The highest BCUT2D eigenvalue weighted by atomic mass is 35.5. The summed E-state index contributed by atoms with van der Waals surface area (Å²) >= 11 is 22.6. The van der Waals surface area contributed by atoms with Crippen molar-refractivity contribution in [3.8, 4) is 39.8 Å². The minimum atomic E-state index is -1.27. The number of esters is 2. The molecule has 1 saturated heterocycles. The summed E-state index contributed by atoms with van der Waals surface area (Å²) in [5.74, 6) is -6.81. The number of fused-ring (bicyclic) bond motifs is 3. The highest BCUT2D eigenvalue weighted by Crippen LogP contribution is 2.38. The normalized spacial score (nSPS) is 12.7. The smallest absolute Gasteiger partial charge is 0.494 e. The Labute approximate surface area is 558 Å². The van der Waals surface area contributed by atoms with E-state index in [4.69, 9.17) is 70.3 Å². The van der Waals surface area contributed by atoms with Crippen molar-refractivity contribution >= 4 is 127 Å². The van der Waals surface area contributed by atoms with Gasteiger partial charge in [-0.2, -0.15) is 0 Å². The maximum Gasteiger partial charge on any atom is 0.494 e. The van der Waals surface area contributed by atoms with Crippen LogP contribution in [0.5, 0.6) is 17.2 Å². The molecule has 1 aliphatic heterocycles. The molecular weight excluding hydrogens is 1330 g/mol. The highest BCUT2D eigenvalue weighted by Gasteiger charge is 2.52. The molecule has 29 nitrogen and oxygen atoms in total. The van der Waals surface area contributed by atoms with Gasteiger partial charge in [0.1, 0.15) is 93.2 Å². The predicted octanol–water partition coefficient (Wildman–Crippen LogP) is 5.44. The van der Waals surface area contributed by atoms with Crippen molar-refractivity contribution < 1.29 is 68.0 Å². The van der Waals surface area contributed by atoms with Gasteiger partial charge in [0.15, 0.2) is 0 Å². The molecule has 34 heteroatoms. The number of benzene rings is 3. The Hall–Kier alpha value is -10.1. The molecule has 9 aromatic rings. The number of nitrogens with zero attached hydrogens (tertiary/aromatic N) is 9. The molecule has 3 aromatic carbocycles. The molecule has 0 atom stereocenters. The van der Waals surface area contributed by atoms with Crippen LogP contribution >= 0.6 is 46.4 Å². The van der Waals surface area contributed by atoms with Gasteiger partial charge in [0.25, 0.3) is 34.4 Å². The van der Waals surface area contributed by atoms with E-state index in [2.05, 4.69) is 45.9 Å². The summed E-state index contributed by atoms with van der Waals surface area (Å²) in [6.45, 7) is 9.81. The zero-order chi connectivity index (χ0) is 70.0. The van der Waals surface area contributed by atoms with Crippen LogP contribution in [0.2, 0.25) is 20.6 Å². The van der Waals surface area contributed by atoms with E-state index in [-0.39, 0.29) is 39.7 Å². The first kappa shape index (κ1) is 72.3. The Morgan fingerprint density at radius 3 is 1.15 bits per heavy atom. The zero-order valence-corrected chi connectivity index (χ0v) is 54.9. The number of rotatable bonds is 14. The number of aryl methyl sites for hydroxylation is 3. The summed E-state index contributed by atoms with van der Waals surface area (Å²) in [6.07, 6.45) is 3.90. The number of aromatic nitrogens is 9. The minimum Gasteiger partial charge on any atom is -0.506 e. The molecule has 1 fully saturated rings. The first-order valence-electron chi connectivity index (χ1n) is 28.2. The lowest BCUT2D eigenvalue weighted by Crippen LogP contribution is -2.41. The summed E-state index contributed by atoms with van der Waals surface area (Å²) < 4.78 is 25.3. The Balaban J connectivity index is 0.000000190. The standard InChI is InChI=1S/C21H27BN2O7.C19H17ClN4O5.C17H13ClN4O5.C4H2Cl2N2/c1-7-29-15(25)11-23-18(27)16-17(26)13-10-12(8-9-14(13)24(6)19(16)28)22-30-20(2,3)21(4,5)31-22;1-3-29-15(25)8-21-18(27)16-17(26)11-6-10(12-7-14(20)23-9-22-12)4-5-13(11)24(2)19(16)28;1-22-11-3-2-8(10-5-12(18)21-7-20-10)4-9(11)15(25)14(17(22)27)16(26)19-6-13(23)24;5-3-1-4(6)8-2-7-3/h8-10,26H,7,11H2,1-6H3,(H,23,27);4-7,9,26H,3,8H2,1-2H3,(H,21,27);2-5,7,25H,6H2,1H3,(H,19,26)(H,23,24);1-2H. The average Bonchev–Trinajstić information content (AvgIpc) is 1.30. The molecule has 0 unspecified atom stereocenters. The number of aliphatic carboxylic acids is 1. The minimum absolute atomic E-state index is 0.160. The van der Waals surface area contributed by atoms with E-state index in [1.807, 2.05) is 27.7 Å². The quantitative estimate of drug-likeness (QED) is 0.0405. The molecule has 3 amide bonds. The van der Waals surface area contributed by atoms with Gasteiger partial charge in [0.05, 0.1) is 52.4 Å². The van der Waals surface area contributed by atoms with Crippen LogP contribution < -0.4 is 38.1 Å². The van der Waals surface area contributed by atoms with Crippen LogP contribution in [-0.4, -0.2) is 151 Å². The molecule has 95 heavy (non-hydrogen) atoms. The van der Waals surface area contributed by atoms with Crippen molar-refractivity contribution in [1.82, 2.24) is 59.6 Å². The molecule has 1 aliphatic rings. The molecule has 6 aromatic heterocycles. The number of carboxylic acid groups (broad SMARTS) is 1. The molecule has 0 saturated carbocycles. The lowest BCUT2D eigenvalue weighted by Gasteiger charge is -2.32. The van der Waals surface area contributed by atoms with E-state index < -0.39 is 124 Å². The lowest BCUT2D eigenvalue weighted by molar-refractivity contribution is -0.142. The van der Waals surface area contributed by atoms with E-state index in [9.17, 15) is 58.5 Å². The fourth-order valence-corrected chi connectivity index (χ4v) is 9.76. The van der Waals surface area contributed by atoms with Crippen LogP contribution in [0.1, 0.15) is 72.6 Å². The van der Waals surface area contributed by atoms with Crippen LogP contribution in [0.25, 0.3) is 55.2 Å². The molecule has 0 aliphatic carbocycles. The molecule has 7 N–H and O–H groups in total. The molecule has 0 spiro atoms. The molecule has 0 bridgehead atoms.